The van der Waals surface area contributed by atoms with Gasteiger partial charge in [-0.3, -0.25) is 0 Å². The molecule has 1 aromatic rings. The number of nitrogens with zero attached hydrogens (tertiary/aromatic N) is 1. The molecule has 0 aliphatic rings. The summed E-state index contributed by atoms with van der Waals surface area (Å²) in [5.41, 5.74) is 2.56. The molecule has 0 aliphatic heterocycles. The Bertz CT molecular complexity index is 322. The average molecular weight is 250 g/mol. The lowest BCUT2D eigenvalue weighted by atomic mass is 10.2. The number of nitrogens with one attached hydrogen (secondary N) is 1. The predicted octanol–water partition coefficient (Wildman–Crippen LogP) is 2.66. The van der Waals surface area contributed by atoms with Crippen molar-refractivity contribution in [2.24, 2.45) is 0 Å². The zero-order valence-corrected chi connectivity index (χ0v) is 12.1. The number of ether oxygens (including phenoxy) is 1. The van der Waals surface area contributed by atoms with Gasteiger partial charge in [-0.1, -0.05) is 19.1 Å². The summed E-state index contributed by atoms with van der Waals surface area (Å²) in [4.78, 5) is 2.22. The first-order valence-electron chi connectivity index (χ1n) is 6.76. The van der Waals surface area contributed by atoms with Gasteiger partial charge in [0.25, 0.3) is 0 Å². The molecule has 1 rings (SSSR count). The van der Waals surface area contributed by atoms with Crippen molar-refractivity contribution in [3.05, 3.63) is 29.8 Å². The highest BCUT2D eigenvalue weighted by Gasteiger charge is 2.01. The van der Waals surface area contributed by atoms with Crippen LogP contribution in [0.2, 0.25) is 0 Å². The first kappa shape index (κ1) is 15.0. The molecule has 102 valence electrons. The van der Waals surface area contributed by atoms with Crippen LogP contribution >= 0.6 is 0 Å². The Labute approximate surface area is 111 Å². The third-order valence-electron chi connectivity index (χ3n) is 2.83. The van der Waals surface area contributed by atoms with Gasteiger partial charge in [-0.05, 0) is 38.1 Å². The van der Waals surface area contributed by atoms with E-state index in [2.05, 4.69) is 62.3 Å². The molecule has 0 saturated heterocycles. The molecule has 3 nitrogen and oxygen atoms in total. The summed E-state index contributed by atoms with van der Waals surface area (Å²) in [6.07, 6.45) is 0.306. The Hall–Kier alpha value is -1.06. The summed E-state index contributed by atoms with van der Waals surface area (Å²) < 4.78 is 5.56. The number of hydrogen-bond donors (Lipinski definition) is 1. The largest absolute Gasteiger partial charge is 0.377 e. The summed E-state index contributed by atoms with van der Waals surface area (Å²) in [6, 6.07) is 8.69. The van der Waals surface area contributed by atoms with Crippen molar-refractivity contribution in [2.45, 2.75) is 33.4 Å². The van der Waals surface area contributed by atoms with Crippen LogP contribution in [0, 0.1) is 0 Å². The highest BCUT2D eigenvalue weighted by molar-refractivity contribution is 5.46. The zero-order chi connectivity index (χ0) is 13.4. The fraction of sp³-hybridized carbons (Fsp3) is 0.600. The average Bonchev–Trinajstić information content (AvgIpc) is 2.36. The molecule has 0 spiro atoms. The summed E-state index contributed by atoms with van der Waals surface area (Å²) >= 11 is 0. The van der Waals surface area contributed by atoms with Crippen LogP contribution in [0.3, 0.4) is 0 Å². The summed E-state index contributed by atoms with van der Waals surface area (Å²) in [5.74, 6) is 0. The number of anilines is 1. The second-order valence-electron chi connectivity index (χ2n) is 4.79. The predicted molar refractivity (Wildman–Crippen MR) is 78.2 cm³/mol. The van der Waals surface area contributed by atoms with Crippen LogP contribution < -0.4 is 10.2 Å². The van der Waals surface area contributed by atoms with Crippen LogP contribution in [-0.2, 0) is 11.3 Å². The van der Waals surface area contributed by atoms with Gasteiger partial charge in [0.2, 0.25) is 0 Å². The van der Waals surface area contributed by atoms with E-state index < -0.39 is 0 Å². The summed E-state index contributed by atoms with van der Waals surface area (Å²) in [7, 11) is 2.10. The second-order valence-corrected chi connectivity index (χ2v) is 4.79. The molecule has 0 heterocycles. The molecule has 3 heteroatoms. The van der Waals surface area contributed by atoms with Gasteiger partial charge in [-0.15, -0.1) is 0 Å². The molecule has 0 saturated carbocycles. The van der Waals surface area contributed by atoms with Crippen molar-refractivity contribution in [3.63, 3.8) is 0 Å². The second kappa shape index (κ2) is 8.11. The van der Waals surface area contributed by atoms with Crippen molar-refractivity contribution < 1.29 is 4.74 Å². The molecule has 0 radical (unpaired) electrons. The fourth-order valence-electron chi connectivity index (χ4n) is 1.69. The maximum atomic E-state index is 5.56. The highest BCUT2D eigenvalue weighted by Crippen LogP contribution is 2.13. The van der Waals surface area contributed by atoms with Crippen molar-refractivity contribution in [1.29, 1.82) is 0 Å². The molecule has 0 aromatic heterocycles. The molecule has 0 aliphatic carbocycles. The van der Waals surface area contributed by atoms with E-state index in [4.69, 9.17) is 4.74 Å². The van der Waals surface area contributed by atoms with Gasteiger partial charge in [0.1, 0.15) is 0 Å². The van der Waals surface area contributed by atoms with Crippen molar-refractivity contribution in [1.82, 2.24) is 5.32 Å². The van der Waals surface area contributed by atoms with Crippen molar-refractivity contribution in [2.75, 3.05) is 31.6 Å². The number of rotatable bonds is 8. The Kier molecular flexibility index (Phi) is 6.76. The van der Waals surface area contributed by atoms with E-state index in [1.54, 1.807) is 0 Å². The van der Waals surface area contributed by atoms with E-state index in [0.717, 1.165) is 26.2 Å². The fourth-order valence-corrected chi connectivity index (χ4v) is 1.69. The lowest BCUT2D eigenvalue weighted by Crippen LogP contribution is -2.23. The van der Waals surface area contributed by atoms with Gasteiger partial charge >= 0.3 is 0 Å². The molecule has 1 N–H and O–H groups in total. The van der Waals surface area contributed by atoms with E-state index in [1.165, 1.54) is 11.3 Å². The smallest absolute Gasteiger partial charge is 0.0644 e. The Balaban J connectivity index is 2.40. The quantitative estimate of drug-likeness (QED) is 0.767. The van der Waals surface area contributed by atoms with E-state index in [-0.39, 0.29) is 0 Å². The van der Waals surface area contributed by atoms with E-state index >= 15 is 0 Å². The monoisotopic (exact) mass is 250 g/mol. The minimum atomic E-state index is 0.306. The topological polar surface area (TPSA) is 24.5 Å². The minimum absolute atomic E-state index is 0.306. The SMILES string of the molecule is CCNCc1ccc(N(C)CCOC(C)C)cc1. The van der Waals surface area contributed by atoms with Crippen LogP contribution in [0.4, 0.5) is 5.69 Å². The van der Waals surface area contributed by atoms with Gasteiger partial charge in [0.15, 0.2) is 0 Å². The molecule has 0 amide bonds. The van der Waals surface area contributed by atoms with Crippen LogP contribution in [-0.4, -0.2) is 32.8 Å². The molecule has 18 heavy (non-hydrogen) atoms. The van der Waals surface area contributed by atoms with Gasteiger partial charge < -0.3 is 15.0 Å². The van der Waals surface area contributed by atoms with Gasteiger partial charge in [-0.25, -0.2) is 0 Å². The maximum Gasteiger partial charge on any atom is 0.0644 e. The molecule has 1 aromatic carbocycles. The number of hydrogen-bond acceptors (Lipinski definition) is 3. The first-order chi connectivity index (χ1) is 8.63. The Morgan fingerprint density at radius 3 is 2.44 bits per heavy atom. The Morgan fingerprint density at radius 1 is 1.22 bits per heavy atom. The van der Waals surface area contributed by atoms with Crippen LogP contribution in [0.25, 0.3) is 0 Å². The summed E-state index contributed by atoms with van der Waals surface area (Å²) in [6.45, 7) is 9.89. The number of benzene rings is 1. The molecule has 0 fully saturated rings. The minimum Gasteiger partial charge on any atom is -0.377 e. The van der Waals surface area contributed by atoms with Gasteiger partial charge in [0, 0.05) is 25.8 Å². The van der Waals surface area contributed by atoms with Gasteiger partial charge in [0.05, 0.1) is 12.7 Å². The molecule has 0 bridgehead atoms. The van der Waals surface area contributed by atoms with E-state index in [0.29, 0.717) is 6.10 Å². The molecular formula is C15H26N2O. The van der Waals surface area contributed by atoms with Crippen LogP contribution in [0.1, 0.15) is 26.3 Å². The van der Waals surface area contributed by atoms with E-state index in [1.807, 2.05) is 0 Å². The highest BCUT2D eigenvalue weighted by atomic mass is 16.5. The van der Waals surface area contributed by atoms with E-state index in [9.17, 15) is 0 Å². The zero-order valence-electron chi connectivity index (χ0n) is 12.1. The lowest BCUT2D eigenvalue weighted by Gasteiger charge is -2.20. The third-order valence-corrected chi connectivity index (χ3v) is 2.83. The molecular weight excluding hydrogens is 224 g/mol. The van der Waals surface area contributed by atoms with Crippen LogP contribution in [0.5, 0.6) is 0 Å². The third kappa shape index (κ3) is 5.52. The first-order valence-corrected chi connectivity index (χ1v) is 6.76. The summed E-state index contributed by atoms with van der Waals surface area (Å²) in [5, 5.41) is 3.33. The number of likely N-dealkylation sites (N-methyl/N-ethyl adjacent to an activating group) is 1. The molecule has 0 atom stereocenters. The van der Waals surface area contributed by atoms with Crippen LogP contribution in [0.15, 0.2) is 24.3 Å². The van der Waals surface area contributed by atoms with Gasteiger partial charge in [-0.2, -0.15) is 0 Å². The lowest BCUT2D eigenvalue weighted by molar-refractivity contribution is 0.0846. The van der Waals surface area contributed by atoms with Crippen molar-refractivity contribution in [3.8, 4) is 0 Å². The standard InChI is InChI=1S/C15H26N2O/c1-5-16-12-14-6-8-15(9-7-14)17(4)10-11-18-13(2)3/h6-9,13,16H,5,10-12H2,1-4H3. The maximum absolute atomic E-state index is 5.56. The van der Waals surface area contributed by atoms with Crippen molar-refractivity contribution >= 4 is 5.69 Å². The molecule has 0 unspecified atom stereocenters. The normalized spacial score (nSPS) is 10.9. The Morgan fingerprint density at radius 2 is 1.89 bits per heavy atom.